The zero-order valence-electron chi connectivity index (χ0n) is 16.0. The molecule has 0 saturated carbocycles. The van der Waals surface area contributed by atoms with E-state index < -0.39 is 7.37 Å². The molecule has 1 aromatic carbocycles. The van der Waals surface area contributed by atoms with Gasteiger partial charge in [-0.15, -0.1) is 0 Å². The van der Waals surface area contributed by atoms with Crippen molar-refractivity contribution in [1.29, 1.82) is 0 Å². The van der Waals surface area contributed by atoms with Gasteiger partial charge in [-0.3, -0.25) is 0 Å². The number of allylic oxidation sites excluding steroid dienone is 2. The number of hydrogen-bond acceptors (Lipinski definition) is 2. The van der Waals surface area contributed by atoms with Crippen LogP contribution < -0.4 is 0 Å². The van der Waals surface area contributed by atoms with Crippen LogP contribution >= 0.6 is 18.6 Å². The molecule has 0 amide bonds. The third kappa shape index (κ3) is 3.82. The number of unbranched alkanes of at least 4 members (excludes halogenated alkanes) is 1. The highest BCUT2D eigenvalue weighted by molar-refractivity contribution is 7.68. The predicted octanol–water partition coefficient (Wildman–Crippen LogP) is 8.78. The molecule has 0 bridgehead atoms. The second-order valence-corrected chi connectivity index (χ2v) is 8.76. The first-order valence-electron chi connectivity index (χ1n) is 9.57. The smallest absolute Gasteiger partial charge is 0.327 e. The van der Waals surface area contributed by atoms with Crippen molar-refractivity contribution in [2.45, 2.75) is 65.7 Å². The summed E-state index contributed by atoms with van der Waals surface area (Å²) in [7, 11) is -1.53. The van der Waals surface area contributed by atoms with E-state index in [-0.39, 0.29) is 0 Å². The Balaban J connectivity index is 2.48. The molecule has 0 N–H and O–H groups in total. The monoisotopic (exact) mass is 390 g/mol. The van der Waals surface area contributed by atoms with Crippen molar-refractivity contribution in [1.82, 2.24) is 0 Å². The molecule has 0 spiro atoms. The van der Waals surface area contributed by atoms with Crippen molar-refractivity contribution < 1.29 is 8.39 Å². The summed E-state index contributed by atoms with van der Waals surface area (Å²) in [5.41, 5.74) is 7.50. The maximum Gasteiger partial charge on any atom is 0.327 e. The summed E-state index contributed by atoms with van der Waals surface area (Å²) in [4.78, 5) is 0. The fourth-order valence-electron chi connectivity index (χ4n) is 3.93. The highest BCUT2D eigenvalue weighted by Gasteiger charge is 2.21. The molecule has 1 aromatic heterocycles. The minimum Gasteiger partial charge on any atom is -0.408 e. The summed E-state index contributed by atoms with van der Waals surface area (Å²) in [6.45, 7) is 10.7. The van der Waals surface area contributed by atoms with E-state index >= 15 is 0 Å². The highest BCUT2D eigenvalue weighted by atomic mass is 35.7. The first kappa shape index (κ1) is 19.4. The van der Waals surface area contributed by atoms with Gasteiger partial charge in [-0.2, -0.15) is 0 Å². The van der Waals surface area contributed by atoms with Gasteiger partial charge >= 0.3 is 7.37 Å². The van der Waals surface area contributed by atoms with Crippen molar-refractivity contribution in [2.24, 2.45) is 0 Å². The Morgan fingerprint density at radius 3 is 2.65 bits per heavy atom. The molecule has 1 aliphatic rings. The Morgan fingerprint density at radius 1 is 1.19 bits per heavy atom. The molecule has 2 nitrogen and oxygen atoms in total. The molecule has 0 saturated heterocycles. The molecule has 4 heteroatoms. The van der Waals surface area contributed by atoms with E-state index in [2.05, 4.69) is 33.4 Å². The van der Waals surface area contributed by atoms with Gasteiger partial charge in [-0.05, 0) is 81.2 Å². The van der Waals surface area contributed by atoms with Gasteiger partial charge in [0, 0.05) is 22.2 Å². The van der Waals surface area contributed by atoms with Gasteiger partial charge in [-0.1, -0.05) is 31.6 Å². The number of aryl methyl sites for hydroxylation is 2. The lowest BCUT2D eigenvalue weighted by Crippen LogP contribution is -2.01. The zero-order chi connectivity index (χ0) is 18.7. The minimum atomic E-state index is -1.53. The van der Waals surface area contributed by atoms with Crippen molar-refractivity contribution in [2.75, 3.05) is 0 Å². The molecule has 26 heavy (non-hydrogen) atoms. The van der Waals surface area contributed by atoms with Crippen LogP contribution in [0.3, 0.4) is 0 Å². The lowest BCUT2D eigenvalue weighted by atomic mass is 9.84. The Labute approximate surface area is 162 Å². The second kappa shape index (κ2) is 8.55. The molecule has 3 rings (SSSR count). The minimum absolute atomic E-state index is 0.768. The molecule has 1 aliphatic carbocycles. The fourth-order valence-corrected chi connectivity index (χ4v) is 5.04. The van der Waals surface area contributed by atoms with Gasteiger partial charge in [0.15, 0.2) is 0 Å². The van der Waals surface area contributed by atoms with Crippen LogP contribution in [-0.4, -0.2) is 0 Å². The van der Waals surface area contributed by atoms with Crippen LogP contribution in [0.25, 0.3) is 22.6 Å². The average molecular weight is 391 g/mol. The van der Waals surface area contributed by atoms with E-state index in [0.717, 1.165) is 49.0 Å². The van der Waals surface area contributed by atoms with Gasteiger partial charge in [0.05, 0.1) is 0 Å². The van der Waals surface area contributed by atoms with Crippen molar-refractivity contribution in [3.05, 3.63) is 46.7 Å². The fraction of sp³-hybridized carbons (Fsp3) is 0.455. The van der Waals surface area contributed by atoms with Crippen molar-refractivity contribution >= 4 is 41.2 Å². The topological polar surface area (TPSA) is 26.3 Å². The quantitative estimate of drug-likeness (QED) is 0.509. The van der Waals surface area contributed by atoms with Gasteiger partial charge in [0.1, 0.15) is 11.3 Å². The van der Waals surface area contributed by atoms with Crippen molar-refractivity contribution in [3.8, 4) is 0 Å². The molecule has 2 aromatic rings. The lowest BCUT2D eigenvalue weighted by molar-refractivity contribution is 0.614. The molecule has 140 valence electrons. The maximum atomic E-state index is 6.38. The van der Waals surface area contributed by atoms with E-state index in [4.69, 9.17) is 19.6 Å². The van der Waals surface area contributed by atoms with E-state index in [1.807, 2.05) is 6.07 Å². The van der Waals surface area contributed by atoms with Crippen LogP contribution in [0.1, 0.15) is 74.8 Å². The number of hydrogen-bond donors (Lipinski definition) is 0. The Bertz CT molecular complexity index is 893. The SMILES string of the molecule is C=Cc1op(Cl)oc2ccc(C)c(CCCC)c2c1C1=C(C)CCCC1. The van der Waals surface area contributed by atoms with Gasteiger partial charge < -0.3 is 8.39 Å². The van der Waals surface area contributed by atoms with Crippen LogP contribution in [-0.2, 0) is 6.42 Å². The first-order valence-corrected chi connectivity index (χ1v) is 11.7. The number of halogens is 1. The van der Waals surface area contributed by atoms with E-state index in [1.165, 1.54) is 40.5 Å². The predicted molar refractivity (Wildman–Crippen MR) is 115 cm³/mol. The van der Waals surface area contributed by atoms with E-state index in [0.29, 0.717) is 0 Å². The van der Waals surface area contributed by atoms with Crippen molar-refractivity contribution in [3.63, 3.8) is 0 Å². The highest BCUT2D eigenvalue weighted by Crippen LogP contribution is 2.44. The number of rotatable bonds is 5. The third-order valence-electron chi connectivity index (χ3n) is 5.36. The molecular formula is C22H28ClO2P. The first-order chi connectivity index (χ1) is 12.6. The summed E-state index contributed by atoms with van der Waals surface area (Å²) >= 11 is 6.38. The summed E-state index contributed by atoms with van der Waals surface area (Å²) in [5.74, 6) is 0.768. The van der Waals surface area contributed by atoms with E-state index in [1.54, 1.807) is 6.08 Å². The Hall–Kier alpha value is -1.37. The molecule has 1 heterocycles. The van der Waals surface area contributed by atoms with Crippen LogP contribution in [0, 0.1) is 6.92 Å². The van der Waals surface area contributed by atoms with Crippen LogP contribution in [0.4, 0.5) is 0 Å². The molecule has 0 fully saturated rings. The molecule has 1 atom stereocenters. The normalized spacial score (nSPS) is 15.5. The molecule has 0 radical (unpaired) electrons. The third-order valence-corrected chi connectivity index (χ3v) is 6.45. The van der Waals surface area contributed by atoms with Gasteiger partial charge in [0.2, 0.25) is 0 Å². The van der Waals surface area contributed by atoms with Gasteiger partial charge in [-0.25, -0.2) is 0 Å². The van der Waals surface area contributed by atoms with Crippen LogP contribution in [0.2, 0.25) is 0 Å². The number of benzene rings is 1. The summed E-state index contributed by atoms with van der Waals surface area (Å²) in [6, 6.07) is 4.19. The standard InChI is InChI=1S/C22H28ClO2P/c1-5-7-11-17-16(4)13-14-20-22(17)21(18-12-9-8-10-15(18)3)19(6-2)24-26(23)25-20/h6,13-14H,2,5,7-12H2,1,3-4H3. The Morgan fingerprint density at radius 2 is 1.96 bits per heavy atom. The average Bonchev–Trinajstić information content (AvgIpc) is 2.77. The maximum absolute atomic E-state index is 6.38. The zero-order valence-corrected chi connectivity index (χ0v) is 17.7. The van der Waals surface area contributed by atoms with E-state index in [9.17, 15) is 0 Å². The summed E-state index contributed by atoms with van der Waals surface area (Å²) < 4.78 is 12.0. The molecular weight excluding hydrogens is 363 g/mol. The van der Waals surface area contributed by atoms with Gasteiger partial charge in [0.25, 0.3) is 0 Å². The summed E-state index contributed by atoms with van der Waals surface area (Å²) in [5, 5.41) is 1.18. The number of fused-ring (bicyclic) bond motifs is 1. The summed E-state index contributed by atoms with van der Waals surface area (Å²) in [6.07, 6.45) is 9.84. The molecule has 0 aliphatic heterocycles. The second-order valence-electron chi connectivity index (χ2n) is 7.14. The Kier molecular flexibility index (Phi) is 6.37. The largest absolute Gasteiger partial charge is 0.408 e. The lowest BCUT2D eigenvalue weighted by Gasteiger charge is -2.20. The van der Waals surface area contributed by atoms with Crippen LogP contribution in [0.5, 0.6) is 0 Å². The molecule has 1 unspecified atom stereocenters. The van der Waals surface area contributed by atoms with Crippen LogP contribution in [0.15, 0.2) is 32.7 Å².